The summed E-state index contributed by atoms with van der Waals surface area (Å²) in [6.07, 6.45) is 0.460. The maximum atomic E-state index is 13.9. The van der Waals surface area contributed by atoms with E-state index in [1.165, 1.54) is 0 Å². The molecule has 0 heterocycles. The standard InChI is InChI=1S/C33H42FNO4/c1-7-21(2)30-17-25(14-15-29(30)32(37)38)28-11-9-8-10-27(28)23(4)39-20-26(36)19-35-33(5,6)18-24-13-12-22(3)31(34)16-24/h8-17,21,23,26,35-36H,7,18-20H2,1-6H3,(H,37,38)/t21?,23?,26-/m1/s1. The van der Waals surface area contributed by atoms with Gasteiger partial charge in [0.1, 0.15) is 5.82 Å². The molecule has 0 amide bonds. The minimum Gasteiger partial charge on any atom is -0.478 e. The van der Waals surface area contributed by atoms with Crippen LogP contribution in [-0.2, 0) is 11.2 Å². The van der Waals surface area contributed by atoms with Crippen LogP contribution in [0.15, 0.2) is 60.7 Å². The van der Waals surface area contributed by atoms with Gasteiger partial charge >= 0.3 is 5.97 Å². The van der Waals surface area contributed by atoms with E-state index in [1.54, 1.807) is 25.1 Å². The molecule has 210 valence electrons. The molecule has 6 heteroatoms. The lowest BCUT2D eigenvalue weighted by Gasteiger charge is -2.28. The number of hydrogen-bond donors (Lipinski definition) is 3. The molecule has 3 aromatic carbocycles. The molecule has 3 N–H and O–H groups in total. The van der Waals surface area contributed by atoms with Gasteiger partial charge in [-0.05, 0) is 92.0 Å². The molecular formula is C33H42FNO4. The van der Waals surface area contributed by atoms with Crippen LogP contribution in [0.2, 0.25) is 0 Å². The molecule has 3 aromatic rings. The summed E-state index contributed by atoms with van der Waals surface area (Å²) in [5.41, 5.74) is 5.24. The molecule has 0 aliphatic rings. The van der Waals surface area contributed by atoms with Crippen molar-refractivity contribution >= 4 is 5.97 Å². The molecule has 0 bridgehead atoms. The number of aliphatic hydroxyl groups excluding tert-OH is 1. The van der Waals surface area contributed by atoms with Gasteiger partial charge in [0.15, 0.2) is 0 Å². The zero-order valence-electron chi connectivity index (χ0n) is 23.9. The Morgan fingerprint density at radius 1 is 1.05 bits per heavy atom. The fraction of sp³-hybridized carbons (Fsp3) is 0.424. The average Bonchev–Trinajstić information content (AvgIpc) is 2.91. The van der Waals surface area contributed by atoms with Crippen LogP contribution in [0.25, 0.3) is 11.1 Å². The Kier molecular flexibility index (Phi) is 10.4. The van der Waals surface area contributed by atoms with E-state index in [0.717, 1.165) is 34.2 Å². The van der Waals surface area contributed by atoms with Gasteiger partial charge in [-0.15, -0.1) is 0 Å². The van der Waals surface area contributed by atoms with Crippen LogP contribution in [0, 0.1) is 12.7 Å². The second-order valence-corrected chi connectivity index (χ2v) is 11.2. The highest BCUT2D eigenvalue weighted by atomic mass is 19.1. The number of aryl methyl sites for hydroxylation is 1. The first-order chi connectivity index (χ1) is 18.4. The minimum absolute atomic E-state index is 0.119. The van der Waals surface area contributed by atoms with Gasteiger partial charge < -0.3 is 20.3 Å². The molecule has 0 radical (unpaired) electrons. The largest absolute Gasteiger partial charge is 0.478 e. The van der Waals surface area contributed by atoms with Gasteiger partial charge in [-0.3, -0.25) is 0 Å². The average molecular weight is 536 g/mol. The van der Waals surface area contributed by atoms with Gasteiger partial charge in [0.2, 0.25) is 0 Å². The van der Waals surface area contributed by atoms with Crippen LogP contribution in [0.1, 0.15) is 85.7 Å². The summed E-state index contributed by atoms with van der Waals surface area (Å²) in [5, 5.41) is 23.7. The molecule has 0 saturated heterocycles. The second kappa shape index (κ2) is 13.3. The van der Waals surface area contributed by atoms with Crippen LogP contribution in [-0.4, -0.2) is 41.0 Å². The summed E-state index contributed by atoms with van der Waals surface area (Å²) in [5.74, 6) is -1.01. The predicted molar refractivity (Wildman–Crippen MR) is 155 cm³/mol. The highest BCUT2D eigenvalue weighted by molar-refractivity contribution is 5.90. The highest BCUT2D eigenvalue weighted by Crippen LogP contribution is 2.34. The van der Waals surface area contributed by atoms with Crippen molar-refractivity contribution in [3.8, 4) is 11.1 Å². The number of carbonyl (C=O) groups is 1. The number of nitrogens with one attached hydrogen (secondary N) is 1. The zero-order valence-corrected chi connectivity index (χ0v) is 23.9. The molecule has 39 heavy (non-hydrogen) atoms. The van der Waals surface area contributed by atoms with Crippen molar-refractivity contribution < 1.29 is 24.1 Å². The van der Waals surface area contributed by atoms with Crippen LogP contribution in [0.3, 0.4) is 0 Å². The van der Waals surface area contributed by atoms with Crippen molar-refractivity contribution in [3.63, 3.8) is 0 Å². The fourth-order valence-electron chi connectivity index (χ4n) is 4.78. The Morgan fingerprint density at radius 3 is 2.44 bits per heavy atom. The quantitative estimate of drug-likeness (QED) is 0.218. The molecule has 0 fully saturated rings. The Hall–Kier alpha value is -3.06. The van der Waals surface area contributed by atoms with Crippen LogP contribution < -0.4 is 5.32 Å². The number of carboxylic acid groups (broad SMARTS) is 1. The second-order valence-electron chi connectivity index (χ2n) is 11.2. The van der Waals surface area contributed by atoms with Crippen molar-refractivity contribution in [2.45, 2.75) is 78.0 Å². The topological polar surface area (TPSA) is 78.8 Å². The predicted octanol–water partition coefficient (Wildman–Crippen LogP) is 7.06. The molecule has 0 spiro atoms. The van der Waals surface area contributed by atoms with E-state index in [2.05, 4.69) is 12.2 Å². The van der Waals surface area contributed by atoms with Crippen LogP contribution >= 0.6 is 0 Å². The molecule has 5 nitrogen and oxygen atoms in total. The first-order valence-corrected chi connectivity index (χ1v) is 13.7. The van der Waals surface area contributed by atoms with E-state index in [4.69, 9.17) is 4.74 Å². The molecule has 0 aliphatic carbocycles. The van der Waals surface area contributed by atoms with E-state index in [-0.39, 0.29) is 30.0 Å². The molecule has 0 aliphatic heterocycles. The van der Waals surface area contributed by atoms with E-state index >= 15 is 0 Å². The van der Waals surface area contributed by atoms with Crippen molar-refractivity contribution in [3.05, 3.63) is 94.3 Å². The van der Waals surface area contributed by atoms with Crippen molar-refractivity contribution in [1.82, 2.24) is 5.32 Å². The maximum absolute atomic E-state index is 13.9. The van der Waals surface area contributed by atoms with Gasteiger partial charge in [-0.2, -0.15) is 0 Å². The minimum atomic E-state index is -0.918. The molecule has 3 atom stereocenters. The van der Waals surface area contributed by atoms with Gasteiger partial charge in [0.25, 0.3) is 0 Å². The normalized spacial score (nSPS) is 14.2. The lowest BCUT2D eigenvalue weighted by Crippen LogP contribution is -2.46. The summed E-state index contributed by atoms with van der Waals surface area (Å²) < 4.78 is 20.0. The Morgan fingerprint density at radius 2 is 1.77 bits per heavy atom. The number of aliphatic hydroxyl groups is 1. The van der Waals surface area contributed by atoms with Gasteiger partial charge in [-0.1, -0.05) is 62.4 Å². The number of β-amino-alcohol motifs (C(OH)–C–C–N with tert-alkyl or cyclic N) is 1. The first-order valence-electron chi connectivity index (χ1n) is 13.7. The fourth-order valence-corrected chi connectivity index (χ4v) is 4.78. The number of ether oxygens (including phenoxy) is 1. The third kappa shape index (κ3) is 8.21. The summed E-state index contributed by atoms with van der Waals surface area (Å²) >= 11 is 0. The van der Waals surface area contributed by atoms with E-state index < -0.39 is 12.1 Å². The number of halogens is 1. The van der Waals surface area contributed by atoms with Crippen LogP contribution in [0.4, 0.5) is 4.39 Å². The van der Waals surface area contributed by atoms with Crippen molar-refractivity contribution in [2.24, 2.45) is 0 Å². The first kappa shape index (κ1) is 30.5. The van der Waals surface area contributed by atoms with Gasteiger partial charge in [-0.25, -0.2) is 9.18 Å². The Balaban J connectivity index is 1.65. The zero-order chi connectivity index (χ0) is 28.7. The molecule has 0 saturated carbocycles. The summed E-state index contributed by atoms with van der Waals surface area (Å²) in [6, 6.07) is 18.7. The van der Waals surface area contributed by atoms with Crippen LogP contribution in [0.5, 0.6) is 0 Å². The van der Waals surface area contributed by atoms with Gasteiger partial charge in [0.05, 0.1) is 24.4 Å². The summed E-state index contributed by atoms with van der Waals surface area (Å²) in [6.45, 7) is 12.3. The van der Waals surface area contributed by atoms with E-state index in [0.29, 0.717) is 24.1 Å². The molecular weight excluding hydrogens is 493 g/mol. The summed E-state index contributed by atoms with van der Waals surface area (Å²) in [7, 11) is 0. The molecule has 3 rings (SSSR count). The third-order valence-corrected chi connectivity index (χ3v) is 7.37. The lowest BCUT2D eigenvalue weighted by atomic mass is 9.88. The third-order valence-electron chi connectivity index (χ3n) is 7.37. The monoisotopic (exact) mass is 535 g/mol. The SMILES string of the molecule is CCC(C)c1cc(-c2ccccc2C(C)OC[C@H](O)CNC(C)(C)Cc2ccc(C)c(F)c2)ccc1C(=O)O. The summed E-state index contributed by atoms with van der Waals surface area (Å²) in [4.78, 5) is 11.8. The molecule has 2 unspecified atom stereocenters. The number of rotatable bonds is 13. The number of hydrogen-bond acceptors (Lipinski definition) is 4. The van der Waals surface area contributed by atoms with Crippen molar-refractivity contribution in [1.29, 1.82) is 0 Å². The number of carboxylic acids is 1. The lowest BCUT2D eigenvalue weighted by molar-refractivity contribution is -0.00397. The highest BCUT2D eigenvalue weighted by Gasteiger charge is 2.22. The van der Waals surface area contributed by atoms with Gasteiger partial charge in [0, 0.05) is 12.1 Å². The smallest absolute Gasteiger partial charge is 0.335 e. The number of benzene rings is 3. The Bertz CT molecular complexity index is 1270. The van der Waals surface area contributed by atoms with E-state index in [1.807, 2.05) is 70.2 Å². The molecule has 0 aromatic heterocycles. The maximum Gasteiger partial charge on any atom is 0.335 e. The Labute approximate surface area is 232 Å². The van der Waals surface area contributed by atoms with E-state index in [9.17, 15) is 19.4 Å². The van der Waals surface area contributed by atoms with Crippen molar-refractivity contribution in [2.75, 3.05) is 13.2 Å². The number of aromatic carboxylic acids is 1.